The number of ether oxygens (including phenoxy) is 2. The van der Waals surface area contributed by atoms with E-state index in [9.17, 15) is 14.4 Å². The molecule has 0 aromatic heterocycles. The zero-order valence-corrected chi connectivity index (χ0v) is 22.9. The second-order valence-corrected chi connectivity index (χ2v) is 13.3. The minimum atomic E-state index is -0.730. The van der Waals surface area contributed by atoms with Crippen LogP contribution in [0.5, 0.6) is 0 Å². The molecule has 0 spiro atoms. The third-order valence-corrected chi connectivity index (χ3v) is 9.59. The summed E-state index contributed by atoms with van der Waals surface area (Å²) in [4.78, 5) is 38.4. The lowest BCUT2D eigenvalue weighted by Crippen LogP contribution is -2.59. The highest BCUT2D eigenvalue weighted by Crippen LogP contribution is 2.60. The number of hydrogen-bond acceptors (Lipinski definition) is 5. The molecule has 2 atom stereocenters. The number of rotatable bonds is 12. The highest BCUT2D eigenvalue weighted by molar-refractivity contribution is 5.86. The first-order valence-corrected chi connectivity index (χ1v) is 13.6. The third kappa shape index (κ3) is 5.60. The lowest BCUT2D eigenvalue weighted by molar-refractivity contribution is -0.213. The van der Waals surface area contributed by atoms with Gasteiger partial charge in [-0.25, -0.2) is 0 Å². The van der Waals surface area contributed by atoms with Crippen LogP contribution >= 0.6 is 0 Å². The zero-order chi connectivity index (χ0) is 25.5. The van der Waals surface area contributed by atoms with E-state index in [4.69, 9.17) is 9.47 Å². The predicted molar refractivity (Wildman–Crippen MR) is 133 cm³/mol. The Morgan fingerprint density at radius 2 is 1.50 bits per heavy atom. The van der Waals surface area contributed by atoms with Gasteiger partial charge in [-0.05, 0) is 95.3 Å². The molecule has 0 radical (unpaired) electrons. The standard InChI is InChI=1S/C29H48O5/c1-9-28(7,17-27(5,6)25(31)16-33-24(18(2)3)10-19(4)30)26(32)34-29(8)22-12-20-11-21(14-22)15-23(29)13-20/h18,20-24H,9-17H2,1-8H3. The van der Waals surface area contributed by atoms with Gasteiger partial charge in [-0.3, -0.25) is 14.4 Å². The van der Waals surface area contributed by atoms with Crippen LogP contribution < -0.4 is 0 Å². The fraction of sp³-hybridized carbons (Fsp3) is 0.897. The number of hydrogen-bond donors (Lipinski definition) is 0. The fourth-order valence-corrected chi connectivity index (χ4v) is 7.17. The van der Waals surface area contributed by atoms with Crippen molar-refractivity contribution in [3.05, 3.63) is 0 Å². The van der Waals surface area contributed by atoms with Gasteiger partial charge in [-0.2, -0.15) is 0 Å². The molecule has 4 saturated carbocycles. The molecule has 2 unspecified atom stereocenters. The molecule has 0 saturated heterocycles. The molecule has 0 amide bonds. The molecule has 4 bridgehead atoms. The van der Waals surface area contributed by atoms with Crippen molar-refractivity contribution in [2.24, 2.45) is 40.4 Å². The van der Waals surface area contributed by atoms with E-state index in [-0.39, 0.29) is 41.8 Å². The van der Waals surface area contributed by atoms with Crippen LogP contribution in [0.3, 0.4) is 0 Å². The normalized spacial score (nSPS) is 33.0. The van der Waals surface area contributed by atoms with Gasteiger partial charge in [-0.15, -0.1) is 0 Å². The molecular weight excluding hydrogens is 428 g/mol. The van der Waals surface area contributed by atoms with Crippen LogP contribution in [0.2, 0.25) is 0 Å². The van der Waals surface area contributed by atoms with Crippen molar-refractivity contribution in [2.45, 2.75) is 118 Å². The lowest BCUT2D eigenvalue weighted by Gasteiger charge is -2.59. The monoisotopic (exact) mass is 476 g/mol. The Morgan fingerprint density at radius 3 is 1.94 bits per heavy atom. The van der Waals surface area contributed by atoms with Crippen LogP contribution in [0, 0.1) is 40.4 Å². The van der Waals surface area contributed by atoms with E-state index >= 15 is 0 Å². The van der Waals surface area contributed by atoms with Crippen LogP contribution in [0.1, 0.15) is 107 Å². The van der Waals surface area contributed by atoms with Crippen LogP contribution in [-0.2, 0) is 23.9 Å². The summed E-state index contributed by atoms with van der Waals surface area (Å²) in [5, 5.41) is 0. The smallest absolute Gasteiger partial charge is 0.312 e. The molecule has 4 aliphatic rings. The lowest BCUT2D eigenvalue weighted by atomic mass is 9.50. The highest BCUT2D eigenvalue weighted by atomic mass is 16.6. The van der Waals surface area contributed by atoms with Crippen LogP contribution in [0.15, 0.2) is 0 Å². The van der Waals surface area contributed by atoms with Gasteiger partial charge < -0.3 is 9.47 Å². The summed E-state index contributed by atoms with van der Waals surface area (Å²) in [6.07, 6.45) is 7.23. The average Bonchev–Trinajstić information content (AvgIpc) is 2.73. The summed E-state index contributed by atoms with van der Waals surface area (Å²) in [6.45, 7) is 15.5. The Labute approximate surface area is 207 Å². The van der Waals surface area contributed by atoms with E-state index in [1.807, 2.05) is 41.5 Å². The second-order valence-electron chi connectivity index (χ2n) is 13.3. The Kier molecular flexibility index (Phi) is 8.07. The molecule has 5 nitrogen and oxygen atoms in total. The van der Waals surface area contributed by atoms with Crippen molar-refractivity contribution < 1.29 is 23.9 Å². The topological polar surface area (TPSA) is 69.7 Å². The number of Topliss-reactive ketones (excluding diaryl/α,β-unsaturated/α-hetero) is 2. The minimum absolute atomic E-state index is 0.0324. The molecule has 4 aliphatic carbocycles. The van der Waals surface area contributed by atoms with Crippen molar-refractivity contribution >= 4 is 17.5 Å². The van der Waals surface area contributed by atoms with Crippen molar-refractivity contribution in [1.82, 2.24) is 0 Å². The molecule has 34 heavy (non-hydrogen) atoms. The number of esters is 1. The van der Waals surface area contributed by atoms with E-state index in [1.54, 1.807) is 6.92 Å². The van der Waals surface area contributed by atoms with Gasteiger partial charge in [-0.1, -0.05) is 34.6 Å². The summed E-state index contributed by atoms with van der Waals surface area (Å²) in [5.41, 5.74) is -1.82. The Hall–Kier alpha value is -1.23. The molecule has 4 fully saturated rings. The number of carbonyl (C=O) groups is 3. The number of ketones is 2. The van der Waals surface area contributed by atoms with Gasteiger partial charge in [0.15, 0.2) is 5.78 Å². The van der Waals surface area contributed by atoms with Crippen LogP contribution in [0.4, 0.5) is 0 Å². The molecule has 0 aromatic carbocycles. The highest BCUT2D eigenvalue weighted by Gasteiger charge is 2.58. The van der Waals surface area contributed by atoms with Crippen LogP contribution in [-0.4, -0.2) is 35.8 Å². The summed E-state index contributed by atoms with van der Waals surface area (Å²) < 4.78 is 12.3. The Balaban J connectivity index is 1.65. The summed E-state index contributed by atoms with van der Waals surface area (Å²) in [6, 6.07) is 0. The average molecular weight is 477 g/mol. The molecule has 0 heterocycles. The maximum absolute atomic E-state index is 13.7. The Morgan fingerprint density at radius 1 is 0.971 bits per heavy atom. The van der Waals surface area contributed by atoms with E-state index in [1.165, 1.54) is 32.1 Å². The van der Waals surface area contributed by atoms with Crippen molar-refractivity contribution in [2.75, 3.05) is 6.61 Å². The summed E-state index contributed by atoms with van der Waals surface area (Å²) in [7, 11) is 0. The predicted octanol–water partition coefficient (Wildman–Crippen LogP) is 6.17. The fourth-order valence-electron chi connectivity index (χ4n) is 7.17. The van der Waals surface area contributed by atoms with E-state index in [0.717, 1.165) is 11.8 Å². The van der Waals surface area contributed by atoms with Gasteiger partial charge >= 0.3 is 5.97 Å². The minimum Gasteiger partial charge on any atom is -0.458 e. The largest absolute Gasteiger partial charge is 0.458 e. The Bertz CT molecular complexity index is 753. The van der Waals surface area contributed by atoms with Gasteiger partial charge in [0.05, 0.1) is 11.5 Å². The molecule has 4 rings (SSSR count). The van der Waals surface area contributed by atoms with Crippen molar-refractivity contribution in [3.8, 4) is 0 Å². The molecule has 0 aliphatic heterocycles. The quantitative estimate of drug-likeness (QED) is 0.315. The maximum atomic E-state index is 13.7. The van der Waals surface area contributed by atoms with Crippen molar-refractivity contribution in [3.63, 3.8) is 0 Å². The van der Waals surface area contributed by atoms with E-state index in [2.05, 4.69) is 6.92 Å². The molecular formula is C29H48O5. The van der Waals surface area contributed by atoms with Gasteiger partial charge in [0, 0.05) is 11.8 Å². The van der Waals surface area contributed by atoms with Gasteiger partial charge in [0.2, 0.25) is 0 Å². The van der Waals surface area contributed by atoms with Gasteiger partial charge in [0.25, 0.3) is 0 Å². The molecule has 194 valence electrons. The molecule has 0 N–H and O–H groups in total. The first-order chi connectivity index (χ1) is 15.7. The second kappa shape index (κ2) is 10.0. The molecule has 0 aromatic rings. The van der Waals surface area contributed by atoms with Gasteiger partial charge in [0.1, 0.15) is 18.0 Å². The first kappa shape index (κ1) is 27.4. The van der Waals surface area contributed by atoms with Crippen molar-refractivity contribution in [1.29, 1.82) is 0 Å². The van der Waals surface area contributed by atoms with E-state index in [0.29, 0.717) is 31.1 Å². The van der Waals surface area contributed by atoms with E-state index < -0.39 is 10.8 Å². The molecule has 5 heteroatoms. The summed E-state index contributed by atoms with van der Waals surface area (Å²) in [5.74, 6) is 2.63. The third-order valence-electron chi connectivity index (χ3n) is 9.59. The summed E-state index contributed by atoms with van der Waals surface area (Å²) >= 11 is 0. The maximum Gasteiger partial charge on any atom is 0.312 e. The van der Waals surface area contributed by atoms with Crippen LogP contribution in [0.25, 0.3) is 0 Å². The number of carbonyl (C=O) groups excluding carboxylic acids is 3. The SMILES string of the molecule is CCC(C)(CC(C)(C)C(=O)COC(CC(C)=O)C(C)C)C(=O)OC1(C)C2CC3CC(C2)CC1C3. The first-order valence-electron chi connectivity index (χ1n) is 13.6. The zero-order valence-electron chi connectivity index (χ0n) is 22.9.